The van der Waals surface area contributed by atoms with Crippen LogP contribution in [0, 0.1) is 5.21 Å². The van der Waals surface area contributed by atoms with E-state index in [1.54, 1.807) is 24.3 Å². The highest BCUT2D eigenvalue weighted by molar-refractivity contribution is 6.32. The zero-order valence-corrected chi connectivity index (χ0v) is 5.93. The summed E-state index contributed by atoms with van der Waals surface area (Å²) in [5.74, 6) is 0. The molecule has 10 heavy (non-hydrogen) atoms. The van der Waals surface area contributed by atoms with Gasteiger partial charge in [-0.25, -0.2) is 0 Å². The third kappa shape index (κ3) is 1.97. The molecule has 0 saturated carbocycles. The Morgan fingerprint density at radius 3 is 2.30 bits per heavy atom. The van der Waals surface area contributed by atoms with Crippen LogP contribution in [0.25, 0.3) is 0 Å². The van der Waals surface area contributed by atoms with Crippen LogP contribution in [0.5, 0.6) is 0 Å². The number of benzene rings is 1. The van der Waals surface area contributed by atoms with Gasteiger partial charge in [0.05, 0.1) is 0 Å². The zero-order chi connectivity index (χ0) is 6.69. The van der Waals surface area contributed by atoms with E-state index in [1.807, 2.05) is 0 Å². The molecule has 0 amide bonds. The van der Waals surface area contributed by atoms with Crippen LogP contribution in [0.1, 0.15) is 0 Å². The summed E-state index contributed by atoms with van der Waals surface area (Å²) in [6.07, 6.45) is 0. The molecule has 0 radical (unpaired) electrons. The monoisotopic (exact) mass is 161 g/mol. The third-order valence-electron chi connectivity index (χ3n) is 1.03. The lowest BCUT2D eigenvalue weighted by molar-refractivity contribution is -0.497. The van der Waals surface area contributed by atoms with E-state index in [0.717, 1.165) is 5.48 Å². The van der Waals surface area contributed by atoms with Gasteiger partial charge in [0.15, 0.2) is 0 Å². The van der Waals surface area contributed by atoms with Gasteiger partial charge < -0.3 is 16.2 Å². The number of halogens is 1. The second kappa shape index (κ2) is 4.24. The van der Waals surface area contributed by atoms with Crippen molar-refractivity contribution in [2.75, 3.05) is 0 Å². The molecule has 0 aromatic heterocycles. The Morgan fingerprint density at radius 2 is 1.90 bits per heavy atom. The quantitative estimate of drug-likeness (QED) is 0.464. The average Bonchev–Trinajstić information content (AvgIpc) is 1.89. The van der Waals surface area contributed by atoms with Crippen molar-refractivity contribution >= 4 is 17.3 Å². The van der Waals surface area contributed by atoms with Crippen LogP contribution in [0.2, 0.25) is 5.02 Å². The van der Waals surface area contributed by atoms with Crippen LogP contribution >= 0.6 is 11.6 Å². The third-order valence-corrected chi connectivity index (χ3v) is 1.38. The van der Waals surface area contributed by atoms with Gasteiger partial charge >= 0.3 is 0 Å². The first-order valence-corrected chi connectivity index (χ1v) is 2.92. The summed E-state index contributed by atoms with van der Waals surface area (Å²) in [5.41, 5.74) is 1.28. The molecule has 0 fully saturated rings. The lowest BCUT2D eigenvalue weighted by atomic mass is 10.3. The molecular weight excluding hydrogens is 154 g/mol. The molecule has 0 aliphatic heterocycles. The SMILES string of the molecule is O.[O-][NH2+]c1ccccc1Cl. The smallest absolute Gasteiger partial charge is 0.148 e. The van der Waals surface area contributed by atoms with E-state index in [9.17, 15) is 5.21 Å². The van der Waals surface area contributed by atoms with Gasteiger partial charge in [-0.2, -0.15) is 0 Å². The maximum atomic E-state index is 10.1. The van der Waals surface area contributed by atoms with Crippen LogP contribution in [-0.4, -0.2) is 5.48 Å². The summed E-state index contributed by atoms with van der Waals surface area (Å²) in [6, 6.07) is 6.92. The molecule has 0 aliphatic rings. The van der Waals surface area contributed by atoms with Crippen molar-refractivity contribution < 1.29 is 11.0 Å². The molecule has 0 unspecified atom stereocenters. The highest BCUT2D eigenvalue weighted by Crippen LogP contribution is 2.14. The van der Waals surface area contributed by atoms with Crippen molar-refractivity contribution in [3.8, 4) is 0 Å². The summed E-state index contributed by atoms with van der Waals surface area (Å²) in [6.45, 7) is 0. The number of nitrogens with two attached hydrogens (primary N) is 1. The number of hydrogen-bond acceptors (Lipinski definition) is 1. The number of rotatable bonds is 1. The summed E-state index contributed by atoms with van der Waals surface area (Å²) in [7, 11) is 0. The van der Waals surface area contributed by atoms with Crippen molar-refractivity contribution in [2.45, 2.75) is 0 Å². The van der Waals surface area contributed by atoms with Crippen molar-refractivity contribution in [1.82, 2.24) is 0 Å². The van der Waals surface area contributed by atoms with Crippen molar-refractivity contribution in [3.05, 3.63) is 34.5 Å². The molecule has 0 aliphatic carbocycles. The van der Waals surface area contributed by atoms with E-state index in [4.69, 9.17) is 11.6 Å². The minimum Gasteiger partial charge on any atom is -0.630 e. The zero-order valence-electron chi connectivity index (χ0n) is 5.17. The van der Waals surface area contributed by atoms with Crippen LogP contribution in [0.4, 0.5) is 5.69 Å². The Morgan fingerprint density at radius 1 is 1.30 bits per heavy atom. The van der Waals surface area contributed by atoms with Crippen molar-refractivity contribution in [1.29, 1.82) is 0 Å². The fourth-order valence-corrected chi connectivity index (χ4v) is 0.751. The molecule has 4 heteroatoms. The lowest BCUT2D eigenvalue weighted by Gasteiger charge is -2.00. The predicted molar refractivity (Wildman–Crippen MR) is 40.0 cm³/mol. The van der Waals surface area contributed by atoms with Gasteiger partial charge in [0, 0.05) is 6.07 Å². The minimum absolute atomic E-state index is 0. The van der Waals surface area contributed by atoms with Crippen molar-refractivity contribution in [3.63, 3.8) is 0 Å². The Kier molecular flexibility index (Phi) is 3.99. The normalized spacial score (nSPS) is 8.60. The fraction of sp³-hybridized carbons (Fsp3) is 0. The van der Waals surface area contributed by atoms with Gasteiger partial charge in [0.25, 0.3) is 0 Å². The first-order chi connectivity index (χ1) is 4.34. The van der Waals surface area contributed by atoms with Crippen LogP contribution in [0.3, 0.4) is 0 Å². The highest BCUT2D eigenvalue weighted by atomic mass is 35.5. The van der Waals surface area contributed by atoms with Crippen LogP contribution < -0.4 is 5.48 Å². The number of quaternary nitrogens is 1. The van der Waals surface area contributed by atoms with E-state index in [1.165, 1.54) is 0 Å². The van der Waals surface area contributed by atoms with E-state index in [0.29, 0.717) is 10.7 Å². The molecule has 1 aromatic rings. The topological polar surface area (TPSA) is 71.2 Å². The van der Waals surface area contributed by atoms with Gasteiger partial charge in [0.2, 0.25) is 0 Å². The van der Waals surface area contributed by atoms with Crippen molar-refractivity contribution in [2.24, 2.45) is 0 Å². The molecular formula is C6H8ClNO2. The largest absolute Gasteiger partial charge is 0.630 e. The molecule has 1 aromatic carbocycles. The highest BCUT2D eigenvalue weighted by Gasteiger charge is 1.94. The Bertz CT molecular complexity index is 205. The minimum atomic E-state index is 0. The Hall–Kier alpha value is -0.610. The van der Waals surface area contributed by atoms with E-state index < -0.39 is 0 Å². The molecule has 4 N–H and O–H groups in total. The second-order valence-corrected chi connectivity index (χ2v) is 2.05. The molecule has 0 saturated heterocycles. The predicted octanol–water partition coefficient (Wildman–Crippen LogP) is 0.208. The lowest BCUT2D eigenvalue weighted by Crippen LogP contribution is -2.70. The first kappa shape index (κ1) is 9.39. The van der Waals surface area contributed by atoms with Gasteiger partial charge in [-0.15, -0.1) is 0 Å². The maximum Gasteiger partial charge on any atom is 0.148 e. The summed E-state index contributed by atoms with van der Waals surface area (Å²) < 4.78 is 0. The standard InChI is InChI=1S/C6H6ClNO.H2O/c7-5-3-1-2-4-6(5)8-9;/h1-4H,8H2;1H2. The Labute approximate surface area is 63.5 Å². The first-order valence-electron chi connectivity index (χ1n) is 2.54. The van der Waals surface area contributed by atoms with E-state index in [2.05, 4.69) is 0 Å². The van der Waals surface area contributed by atoms with Gasteiger partial charge in [-0.05, 0) is 6.07 Å². The molecule has 0 spiro atoms. The molecule has 0 atom stereocenters. The summed E-state index contributed by atoms with van der Waals surface area (Å²) in [4.78, 5) is 0. The molecule has 0 heterocycles. The van der Waals surface area contributed by atoms with Gasteiger partial charge in [-0.1, -0.05) is 23.7 Å². The summed E-state index contributed by atoms with van der Waals surface area (Å²) in [5, 5.41) is 10.6. The molecule has 0 bridgehead atoms. The second-order valence-electron chi connectivity index (χ2n) is 1.64. The average molecular weight is 162 g/mol. The molecule has 1 rings (SSSR count). The fourth-order valence-electron chi connectivity index (χ4n) is 0.571. The van der Waals surface area contributed by atoms with E-state index >= 15 is 0 Å². The maximum absolute atomic E-state index is 10.1. The van der Waals surface area contributed by atoms with Crippen LogP contribution in [0.15, 0.2) is 24.3 Å². The van der Waals surface area contributed by atoms with Gasteiger partial charge in [0.1, 0.15) is 10.7 Å². The molecule has 56 valence electrons. The molecule has 3 nitrogen and oxygen atoms in total. The number of hydrogen-bond donors (Lipinski definition) is 1. The summed E-state index contributed by atoms with van der Waals surface area (Å²) >= 11 is 5.59. The van der Waals surface area contributed by atoms with Gasteiger partial charge in [-0.3, -0.25) is 0 Å². The van der Waals surface area contributed by atoms with Crippen LogP contribution in [-0.2, 0) is 0 Å². The Balaban J connectivity index is 0.000000810. The van der Waals surface area contributed by atoms with E-state index in [-0.39, 0.29) is 5.48 Å².